The van der Waals surface area contributed by atoms with E-state index in [-0.39, 0.29) is 0 Å². The molecule has 2 N–H and O–H groups in total. The van der Waals surface area contributed by atoms with Crippen LogP contribution in [0.5, 0.6) is 0 Å². The van der Waals surface area contributed by atoms with Gasteiger partial charge in [-0.25, -0.2) is 0 Å². The van der Waals surface area contributed by atoms with Crippen molar-refractivity contribution in [3.63, 3.8) is 0 Å². The molecule has 0 aliphatic heterocycles. The molecule has 32 heavy (non-hydrogen) atoms. The second kappa shape index (κ2) is 9.76. The molecule has 0 bridgehead atoms. The third-order valence-corrected chi connectivity index (χ3v) is 7.17. The van der Waals surface area contributed by atoms with Gasteiger partial charge >= 0.3 is 27.5 Å². The average Bonchev–Trinajstić information content (AvgIpc) is 2.45. The maximum absolute atomic E-state index is 12.9. The van der Waals surface area contributed by atoms with Crippen LogP contribution >= 0.6 is 58.8 Å². The first-order valence-electron chi connectivity index (χ1n) is 6.66. The van der Waals surface area contributed by atoms with Crippen LogP contribution in [-0.2, 0) is 0 Å². The third kappa shape index (κ3) is 10.3. The fraction of sp³-hybridized carbons (Fsp3) is 0.455. The van der Waals surface area contributed by atoms with Gasteiger partial charge in [0, 0.05) is 14.7 Å². The van der Waals surface area contributed by atoms with Crippen LogP contribution in [0.3, 0.4) is 0 Å². The molecule has 0 spiro atoms. The Morgan fingerprint density at radius 3 is 0.688 bits per heavy atom. The lowest BCUT2D eigenvalue weighted by molar-refractivity contribution is -0.0360. The summed E-state index contributed by atoms with van der Waals surface area (Å²) in [5.41, 5.74) is -24.9. The summed E-state index contributed by atoms with van der Waals surface area (Å²) in [5.74, 6) is 0. The summed E-state index contributed by atoms with van der Waals surface area (Å²) in [7, 11) is 0. The summed E-state index contributed by atoms with van der Waals surface area (Å²) in [6.45, 7) is 0. The topological polar surface area (TPSA) is 26.0 Å². The molecule has 0 fully saturated rings. The highest BCUT2D eigenvalue weighted by atomic mass is 32.2. The molecule has 1 aromatic rings. The van der Waals surface area contributed by atoms with Gasteiger partial charge in [-0.3, -0.25) is 0 Å². The Kier molecular flexibility index (Phi) is 9.08. The summed E-state index contributed by atoms with van der Waals surface area (Å²) in [6.07, 6.45) is 0. The predicted molar refractivity (Wildman–Crippen MR) is 90.4 cm³/mol. The molecule has 0 aliphatic rings. The number of hydrogen-bond acceptors (Lipinski definition) is 6. The lowest BCUT2D eigenvalue weighted by Gasteiger charge is -2.25. The van der Waals surface area contributed by atoms with E-state index in [1.165, 1.54) is 0 Å². The van der Waals surface area contributed by atoms with Crippen LogP contribution in [-0.4, -0.2) is 27.5 Å². The minimum absolute atomic E-state index is 1.60. The van der Waals surface area contributed by atoms with Gasteiger partial charge in [0.2, 0.25) is 0 Å². The molecule has 1 rings (SSSR count). The van der Waals surface area contributed by atoms with E-state index in [0.29, 0.717) is 0 Å². The molecule has 1 aromatic carbocycles. The van der Waals surface area contributed by atoms with Crippen molar-refractivity contribution in [2.45, 2.75) is 52.0 Å². The monoisotopic (exact) mass is 593 g/mol. The quantitative estimate of drug-likeness (QED) is 0.208. The van der Waals surface area contributed by atoms with E-state index < -0.39 is 117 Å². The minimum atomic E-state index is -5.70. The second-order valence-corrected chi connectivity index (χ2v) is 10.2. The normalized spacial score (nSPS) is 14.2. The van der Waals surface area contributed by atoms with Crippen molar-refractivity contribution in [3.05, 3.63) is 0 Å². The summed E-state index contributed by atoms with van der Waals surface area (Å²) in [4.78, 5) is -10.2. The van der Waals surface area contributed by atoms with Crippen LogP contribution < -0.4 is 5.73 Å². The molecule has 0 saturated heterocycles. The van der Waals surface area contributed by atoms with Crippen LogP contribution in [0, 0.1) is 0 Å². The zero-order valence-electron chi connectivity index (χ0n) is 13.8. The number of hydrogen-bond donors (Lipinski definition) is 1. The Morgan fingerprint density at radius 1 is 0.344 bits per heavy atom. The molecule has 0 aliphatic carbocycles. The summed E-state index contributed by atoms with van der Waals surface area (Å²) in [6, 6.07) is 0. The molecule has 0 aromatic heterocycles. The maximum atomic E-state index is 12.9. The second-order valence-electron chi connectivity index (χ2n) is 4.80. The lowest BCUT2D eigenvalue weighted by Crippen LogP contribution is -2.13. The van der Waals surface area contributed by atoms with E-state index in [1.54, 1.807) is 0 Å². The SMILES string of the molecule is Nc1c(SC(F)(F)F)c(SC(F)(F)F)c(SC(F)(F)F)c(SC(F)(F)F)c1SC(F)(F)F. The van der Waals surface area contributed by atoms with E-state index in [0.717, 1.165) is 0 Å². The first-order valence-corrected chi connectivity index (χ1v) is 10.7. The van der Waals surface area contributed by atoms with Crippen LogP contribution in [0.4, 0.5) is 71.5 Å². The standard InChI is InChI=1S/C11H2F15NS5/c12-7(13,14)28-2-1(27)3(29-8(15,16)17)5(31-10(21,22)23)6(32-11(24,25)26)4(2)30-9(18,19)20/h27H2. The molecule has 0 radical (unpaired) electrons. The molecule has 21 heteroatoms. The van der Waals surface area contributed by atoms with E-state index in [4.69, 9.17) is 5.73 Å². The zero-order chi connectivity index (χ0) is 25.5. The average molecular weight is 593 g/mol. The zero-order valence-corrected chi connectivity index (χ0v) is 17.9. The Balaban J connectivity index is 4.17. The van der Waals surface area contributed by atoms with Gasteiger partial charge in [-0.15, -0.1) is 0 Å². The molecule has 0 unspecified atom stereocenters. The van der Waals surface area contributed by atoms with Crippen molar-refractivity contribution in [2.75, 3.05) is 5.73 Å². The molecular weight excluding hydrogens is 591 g/mol. The molecule has 0 atom stereocenters. The van der Waals surface area contributed by atoms with E-state index >= 15 is 0 Å². The van der Waals surface area contributed by atoms with E-state index in [1.807, 2.05) is 0 Å². The largest absolute Gasteiger partial charge is 0.446 e. The highest BCUT2D eigenvalue weighted by molar-refractivity contribution is 8.06. The minimum Gasteiger partial charge on any atom is -0.397 e. The van der Waals surface area contributed by atoms with Crippen molar-refractivity contribution in [1.82, 2.24) is 0 Å². The Bertz CT molecular complexity index is 763. The van der Waals surface area contributed by atoms with Gasteiger partial charge in [0.05, 0.1) is 15.5 Å². The van der Waals surface area contributed by atoms with Crippen molar-refractivity contribution in [2.24, 2.45) is 0 Å². The van der Waals surface area contributed by atoms with Crippen LogP contribution in [0.2, 0.25) is 0 Å². The predicted octanol–water partition coefficient (Wildman–Crippen LogP) is 9.33. The van der Waals surface area contributed by atoms with Gasteiger partial charge in [-0.05, 0) is 58.8 Å². The third-order valence-electron chi connectivity index (χ3n) is 2.40. The molecule has 0 heterocycles. The van der Waals surface area contributed by atoms with Crippen molar-refractivity contribution >= 4 is 64.5 Å². The van der Waals surface area contributed by atoms with Crippen LogP contribution in [0.15, 0.2) is 24.5 Å². The van der Waals surface area contributed by atoms with Crippen molar-refractivity contribution < 1.29 is 65.9 Å². The molecule has 0 amide bonds. The lowest BCUT2D eigenvalue weighted by atomic mass is 10.3. The smallest absolute Gasteiger partial charge is 0.397 e. The highest BCUT2D eigenvalue weighted by Crippen LogP contribution is 2.61. The van der Waals surface area contributed by atoms with Gasteiger partial charge < -0.3 is 5.73 Å². The van der Waals surface area contributed by atoms with Gasteiger partial charge in [0.15, 0.2) is 0 Å². The fourth-order valence-electron chi connectivity index (χ4n) is 1.72. The first-order chi connectivity index (χ1) is 13.9. The summed E-state index contributed by atoms with van der Waals surface area (Å²) < 4.78 is 193. The number of nitrogen functional groups attached to an aromatic ring is 1. The molecule has 186 valence electrons. The van der Waals surface area contributed by atoms with Crippen LogP contribution in [0.1, 0.15) is 0 Å². The van der Waals surface area contributed by atoms with Gasteiger partial charge in [0.1, 0.15) is 0 Å². The number of anilines is 1. The van der Waals surface area contributed by atoms with Gasteiger partial charge in [0.25, 0.3) is 0 Å². The number of nitrogens with two attached hydrogens (primary N) is 1. The van der Waals surface area contributed by atoms with Crippen LogP contribution in [0.25, 0.3) is 0 Å². The number of halogens is 15. The summed E-state index contributed by atoms with van der Waals surface area (Å²) in [5, 5.41) is 0. The Morgan fingerprint density at radius 2 is 0.500 bits per heavy atom. The Labute approximate surface area is 188 Å². The Hall–Kier alpha value is -0.280. The molecule has 1 nitrogen and oxygen atoms in total. The van der Waals surface area contributed by atoms with Gasteiger partial charge in [-0.2, -0.15) is 65.9 Å². The first kappa shape index (κ1) is 29.8. The molecule has 0 saturated carbocycles. The number of alkyl halides is 15. The molecular formula is C11H2F15NS5. The fourth-order valence-corrected chi connectivity index (χ4v) is 6.13. The number of thioether (sulfide) groups is 5. The number of rotatable bonds is 5. The van der Waals surface area contributed by atoms with E-state index in [2.05, 4.69) is 0 Å². The van der Waals surface area contributed by atoms with Crippen molar-refractivity contribution in [1.29, 1.82) is 0 Å². The van der Waals surface area contributed by atoms with Gasteiger partial charge in [-0.1, -0.05) is 0 Å². The highest BCUT2D eigenvalue weighted by Gasteiger charge is 2.46. The van der Waals surface area contributed by atoms with E-state index in [9.17, 15) is 65.9 Å². The van der Waals surface area contributed by atoms with Crippen molar-refractivity contribution in [3.8, 4) is 0 Å². The summed E-state index contributed by atoms with van der Waals surface area (Å²) >= 11 is -8.28. The number of benzene rings is 1. The maximum Gasteiger partial charge on any atom is 0.446 e.